The molecule has 1 aromatic heterocycles. The van der Waals surface area contributed by atoms with Crippen molar-refractivity contribution in [2.24, 2.45) is 0 Å². The normalized spacial score (nSPS) is 19.1. The van der Waals surface area contributed by atoms with Gasteiger partial charge in [0, 0.05) is 25.2 Å². The lowest BCUT2D eigenvalue weighted by Gasteiger charge is -2.18. The lowest BCUT2D eigenvalue weighted by atomic mass is 10.2. The molecule has 0 bridgehead atoms. The highest BCUT2D eigenvalue weighted by atomic mass is 16.5. The van der Waals surface area contributed by atoms with Crippen molar-refractivity contribution in [3.05, 3.63) is 17.0 Å². The van der Waals surface area contributed by atoms with Crippen LogP contribution in [0.4, 0.5) is 0 Å². The number of nitrogens with one attached hydrogen (secondary N) is 1. The Kier molecular flexibility index (Phi) is 3.38. The third-order valence-electron chi connectivity index (χ3n) is 3.00. The third kappa shape index (κ3) is 2.58. The van der Waals surface area contributed by atoms with Crippen LogP contribution in [0.2, 0.25) is 0 Å². The summed E-state index contributed by atoms with van der Waals surface area (Å²) in [4.78, 5) is 2.46. The van der Waals surface area contributed by atoms with Gasteiger partial charge in [-0.2, -0.15) is 0 Å². The summed E-state index contributed by atoms with van der Waals surface area (Å²) in [7, 11) is 0. The molecule has 2 heterocycles. The van der Waals surface area contributed by atoms with E-state index in [1.807, 2.05) is 13.8 Å². The predicted octanol–water partition coefficient (Wildman–Crippen LogP) is 1.09. The predicted molar refractivity (Wildman–Crippen MR) is 58.7 cm³/mol. The molecular weight excluding hydrogens is 190 g/mol. The standard InChI is InChI=1S/C11H19N3O/c1-9-11(10(2)15-13-9)8-14-6-3-4-12-5-7-14/h12H,3-8H2,1-2H3. The molecule has 4 heteroatoms. The quantitative estimate of drug-likeness (QED) is 0.791. The van der Waals surface area contributed by atoms with Gasteiger partial charge in [0.05, 0.1) is 5.69 Å². The lowest BCUT2D eigenvalue weighted by molar-refractivity contribution is 0.281. The van der Waals surface area contributed by atoms with Gasteiger partial charge in [-0.15, -0.1) is 0 Å². The van der Waals surface area contributed by atoms with Gasteiger partial charge in [-0.1, -0.05) is 5.16 Å². The summed E-state index contributed by atoms with van der Waals surface area (Å²) in [5.74, 6) is 0.963. The fourth-order valence-corrected chi connectivity index (χ4v) is 2.01. The molecule has 0 aliphatic carbocycles. The van der Waals surface area contributed by atoms with E-state index < -0.39 is 0 Å². The molecule has 1 aliphatic rings. The summed E-state index contributed by atoms with van der Waals surface area (Å²) < 4.78 is 5.18. The van der Waals surface area contributed by atoms with Crippen molar-refractivity contribution >= 4 is 0 Å². The average Bonchev–Trinajstić information content (AvgIpc) is 2.49. The van der Waals surface area contributed by atoms with Crippen LogP contribution in [0.3, 0.4) is 0 Å². The van der Waals surface area contributed by atoms with Gasteiger partial charge in [0.15, 0.2) is 0 Å². The first kappa shape index (κ1) is 10.6. The molecule has 0 unspecified atom stereocenters. The molecule has 84 valence electrons. The van der Waals surface area contributed by atoms with Gasteiger partial charge < -0.3 is 9.84 Å². The SMILES string of the molecule is Cc1noc(C)c1CN1CCCNCC1. The van der Waals surface area contributed by atoms with Crippen molar-refractivity contribution in [1.82, 2.24) is 15.4 Å². The zero-order valence-electron chi connectivity index (χ0n) is 9.55. The second-order valence-corrected chi connectivity index (χ2v) is 4.18. The second kappa shape index (κ2) is 4.77. The van der Waals surface area contributed by atoms with E-state index in [1.165, 1.54) is 12.0 Å². The molecule has 1 aliphatic heterocycles. The minimum atomic E-state index is 0.963. The molecule has 1 aromatic rings. The number of hydrogen-bond acceptors (Lipinski definition) is 4. The Bertz CT molecular complexity index is 294. The summed E-state index contributed by atoms with van der Waals surface area (Å²) in [6, 6.07) is 0. The van der Waals surface area contributed by atoms with E-state index in [9.17, 15) is 0 Å². The van der Waals surface area contributed by atoms with Crippen LogP contribution in [-0.2, 0) is 6.54 Å². The highest BCUT2D eigenvalue weighted by Gasteiger charge is 2.14. The Labute approximate surface area is 90.6 Å². The number of aryl methyl sites for hydroxylation is 2. The minimum absolute atomic E-state index is 0.963. The van der Waals surface area contributed by atoms with Gasteiger partial charge in [0.25, 0.3) is 0 Å². The third-order valence-corrected chi connectivity index (χ3v) is 3.00. The Balaban J connectivity index is 2.00. The molecule has 0 amide bonds. The summed E-state index contributed by atoms with van der Waals surface area (Å²) in [6.07, 6.45) is 1.23. The monoisotopic (exact) mass is 209 g/mol. The Hall–Kier alpha value is -0.870. The lowest BCUT2D eigenvalue weighted by Crippen LogP contribution is -2.28. The molecule has 0 aromatic carbocycles. The topological polar surface area (TPSA) is 41.3 Å². The summed E-state index contributed by atoms with van der Waals surface area (Å²) in [5.41, 5.74) is 2.29. The van der Waals surface area contributed by atoms with Gasteiger partial charge in [-0.3, -0.25) is 4.90 Å². The van der Waals surface area contributed by atoms with E-state index in [4.69, 9.17) is 4.52 Å². The fraction of sp³-hybridized carbons (Fsp3) is 0.727. The maximum Gasteiger partial charge on any atom is 0.138 e. The Morgan fingerprint density at radius 2 is 2.20 bits per heavy atom. The van der Waals surface area contributed by atoms with E-state index in [1.54, 1.807) is 0 Å². The zero-order chi connectivity index (χ0) is 10.7. The largest absolute Gasteiger partial charge is 0.361 e. The first-order valence-electron chi connectivity index (χ1n) is 5.62. The minimum Gasteiger partial charge on any atom is -0.361 e. The molecule has 0 saturated carbocycles. The zero-order valence-corrected chi connectivity index (χ0v) is 9.55. The highest BCUT2D eigenvalue weighted by molar-refractivity contribution is 5.20. The molecule has 0 spiro atoms. The first-order valence-corrected chi connectivity index (χ1v) is 5.62. The fourth-order valence-electron chi connectivity index (χ4n) is 2.01. The molecule has 4 nitrogen and oxygen atoms in total. The average molecular weight is 209 g/mol. The number of aromatic nitrogens is 1. The van der Waals surface area contributed by atoms with Crippen LogP contribution >= 0.6 is 0 Å². The number of hydrogen-bond donors (Lipinski definition) is 1. The van der Waals surface area contributed by atoms with Crippen molar-refractivity contribution in [1.29, 1.82) is 0 Å². The van der Waals surface area contributed by atoms with Crippen LogP contribution in [0.15, 0.2) is 4.52 Å². The van der Waals surface area contributed by atoms with Gasteiger partial charge in [-0.05, 0) is 33.4 Å². The van der Waals surface area contributed by atoms with E-state index in [-0.39, 0.29) is 0 Å². The first-order chi connectivity index (χ1) is 7.27. The number of nitrogens with zero attached hydrogens (tertiary/aromatic N) is 2. The van der Waals surface area contributed by atoms with Crippen molar-refractivity contribution < 1.29 is 4.52 Å². The van der Waals surface area contributed by atoms with Crippen molar-refractivity contribution in [3.63, 3.8) is 0 Å². The molecule has 1 fully saturated rings. The van der Waals surface area contributed by atoms with Crippen LogP contribution in [-0.4, -0.2) is 36.2 Å². The summed E-state index contributed by atoms with van der Waals surface area (Å²) in [5, 5.41) is 7.39. The Morgan fingerprint density at radius 1 is 1.33 bits per heavy atom. The van der Waals surface area contributed by atoms with Crippen LogP contribution in [0.25, 0.3) is 0 Å². The summed E-state index contributed by atoms with van der Waals surface area (Å²) in [6.45, 7) is 9.48. The number of rotatable bonds is 2. The van der Waals surface area contributed by atoms with Crippen molar-refractivity contribution in [3.8, 4) is 0 Å². The van der Waals surface area contributed by atoms with Crippen LogP contribution in [0, 0.1) is 13.8 Å². The van der Waals surface area contributed by atoms with Gasteiger partial charge in [0.1, 0.15) is 5.76 Å². The van der Waals surface area contributed by atoms with E-state index >= 15 is 0 Å². The molecule has 1 N–H and O–H groups in total. The van der Waals surface area contributed by atoms with Crippen molar-refractivity contribution in [2.45, 2.75) is 26.8 Å². The van der Waals surface area contributed by atoms with Crippen LogP contribution in [0.1, 0.15) is 23.4 Å². The second-order valence-electron chi connectivity index (χ2n) is 4.18. The van der Waals surface area contributed by atoms with Gasteiger partial charge in [-0.25, -0.2) is 0 Å². The van der Waals surface area contributed by atoms with E-state index in [0.29, 0.717) is 0 Å². The van der Waals surface area contributed by atoms with Gasteiger partial charge in [0.2, 0.25) is 0 Å². The molecule has 0 radical (unpaired) electrons. The molecule has 15 heavy (non-hydrogen) atoms. The maximum atomic E-state index is 5.18. The van der Waals surface area contributed by atoms with E-state index in [2.05, 4.69) is 15.4 Å². The highest BCUT2D eigenvalue weighted by Crippen LogP contribution is 2.15. The molecule has 0 atom stereocenters. The molecule has 1 saturated heterocycles. The molecule has 2 rings (SSSR count). The van der Waals surface area contributed by atoms with Crippen molar-refractivity contribution in [2.75, 3.05) is 26.2 Å². The molecular formula is C11H19N3O. The van der Waals surface area contributed by atoms with E-state index in [0.717, 1.165) is 44.2 Å². The van der Waals surface area contributed by atoms with Crippen LogP contribution < -0.4 is 5.32 Å². The smallest absolute Gasteiger partial charge is 0.138 e. The summed E-state index contributed by atoms with van der Waals surface area (Å²) >= 11 is 0. The Morgan fingerprint density at radius 3 is 2.93 bits per heavy atom. The van der Waals surface area contributed by atoms with Gasteiger partial charge >= 0.3 is 0 Å². The van der Waals surface area contributed by atoms with Crippen LogP contribution in [0.5, 0.6) is 0 Å². The maximum absolute atomic E-state index is 5.18.